The molecule has 9 heteroatoms. The molecule has 4 atom stereocenters. The number of nitrogens with one attached hydrogen (secondary N) is 1. The predicted molar refractivity (Wildman–Crippen MR) is 149 cm³/mol. The quantitative estimate of drug-likeness (QED) is 0.349. The van der Waals surface area contributed by atoms with Crippen molar-refractivity contribution in [3.63, 3.8) is 0 Å². The summed E-state index contributed by atoms with van der Waals surface area (Å²) in [5, 5.41) is 27.5. The average Bonchev–Trinajstić information content (AvgIpc) is 3.47. The summed E-state index contributed by atoms with van der Waals surface area (Å²) in [4.78, 5) is 24.1. The fourth-order valence-electron chi connectivity index (χ4n) is 6.46. The summed E-state index contributed by atoms with van der Waals surface area (Å²) in [5.74, 6) is 0.124. The van der Waals surface area contributed by atoms with Crippen molar-refractivity contribution in [1.82, 2.24) is 19.7 Å². The molecule has 2 saturated heterocycles. The van der Waals surface area contributed by atoms with Crippen LogP contribution in [0.25, 0.3) is 11.0 Å². The van der Waals surface area contributed by atoms with Gasteiger partial charge >= 0.3 is 5.97 Å². The summed E-state index contributed by atoms with van der Waals surface area (Å²) in [7, 11) is 1.95. The number of aryl methyl sites for hydroxylation is 2. The van der Waals surface area contributed by atoms with Crippen molar-refractivity contribution in [1.29, 1.82) is 5.26 Å². The molecular weight excluding hydrogens is 490 g/mol. The molecule has 39 heavy (non-hydrogen) atoms. The number of carbonyl (C=O) groups is 1. The number of benzene rings is 2. The molecule has 2 aliphatic heterocycles. The highest BCUT2D eigenvalue weighted by Gasteiger charge is 2.43. The van der Waals surface area contributed by atoms with Crippen LogP contribution >= 0.6 is 0 Å². The number of piperidine rings is 1. The van der Waals surface area contributed by atoms with E-state index in [9.17, 15) is 15.2 Å². The maximum atomic E-state index is 11.8. The van der Waals surface area contributed by atoms with Crippen LogP contribution in [0.2, 0.25) is 0 Å². The van der Waals surface area contributed by atoms with Gasteiger partial charge in [-0.15, -0.1) is 0 Å². The Morgan fingerprint density at radius 3 is 2.59 bits per heavy atom. The minimum absolute atomic E-state index is 0.216. The average molecular weight is 522 g/mol. The monoisotopic (exact) mass is 521 g/mol. The molecule has 4 heterocycles. The Morgan fingerprint density at radius 1 is 1.18 bits per heavy atom. The zero-order valence-electron chi connectivity index (χ0n) is 22.3. The number of fused-ring (bicyclic) bond motifs is 3. The van der Waals surface area contributed by atoms with Crippen molar-refractivity contribution in [2.24, 2.45) is 7.05 Å². The Balaban J connectivity index is 1.39. The maximum absolute atomic E-state index is 11.8. The summed E-state index contributed by atoms with van der Waals surface area (Å²) < 4.78 is 1.86. The Morgan fingerprint density at radius 2 is 1.92 bits per heavy atom. The maximum Gasteiger partial charge on any atom is 0.337 e. The zero-order chi connectivity index (χ0) is 27.3. The summed E-state index contributed by atoms with van der Waals surface area (Å²) in [6.45, 7) is 3.99. The smallest absolute Gasteiger partial charge is 0.337 e. The lowest BCUT2D eigenvalue weighted by Crippen LogP contribution is -2.43. The first-order chi connectivity index (χ1) is 18.8. The number of hydrogen-bond donors (Lipinski definition) is 2. The molecule has 0 amide bonds. The van der Waals surface area contributed by atoms with E-state index in [1.165, 1.54) is 5.56 Å². The van der Waals surface area contributed by atoms with E-state index in [1.54, 1.807) is 18.2 Å². The molecule has 9 nitrogen and oxygen atoms in total. The van der Waals surface area contributed by atoms with Gasteiger partial charge in [-0.3, -0.25) is 4.68 Å². The number of anilines is 2. The third-order valence-corrected chi connectivity index (χ3v) is 8.20. The van der Waals surface area contributed by atoms with E-state index in [2.05, 4.69) is 33.6 Å². The normalized spacial score (nSPS) is 21.1. The van der Waals surface area contributed by atoms with Gasteiger partial charge < -0.3 is 15.3 Å². The molecule has 0 saturated carbocycles. The SMILES string of the molecule is Cc1cc([C@@H](C)Nc2ccccc2C(=O)O)c2nc(N3[C@@H]4CC[C@H]3CC(c3cnn(C)c3)C4)c(C#N)nc2c1. The largest absolute Gasteiger partial charge is 0.478 e. The molecule has 2 aromatic heterocycles. The van der Waals surface area contributed by atoms with E-state index in [4.69, 9.17) is 9.97 Å². The van der Waals surface area contributed by atoms with Crippen LogP contribution in [0.3, 0.4) is 0 Å². The number of carboxylic acids is 1. The van der Waals surface area contributed by atoms with Crippen molar-refractivity contribution < 1.29 is 9.90 Å². The van der Waals surface area contributed by atoms with Crippen molar-refractivity contribution in [2.75, 3.05) is 10.2 Å². The van der Waals surface area contributed by atoms with Gasteiger partial charge in [0.15, 0.2) is 11.5 Å². The molecule has 0 aliphatic carbocycles. The van der Waals surface area contributed by atoms with Gasteiger partial charge in [-0.25, -0.2) is 14.8 Å². The Bertz CT molecular complexity index is 1610. The van der Waals surface area contributed by atoms with Crippen LogP contribution in [-0.2, 0) is 7.05 Å². The van der Waals surface area contributed by atoms with Gasteiger partial charge in [-0.05, 0) is 74.8 Å². The van der Waals surface area contributed by atoms with Crippen molar-refractivity contribution in [3.05, 3.63) is 76.7 Å². The molecule has 198 valence electrons. The van der Waals surface area contributed by atoms with E-state index in [-0.39, 0.29) is 11.6 Å². The Kier molecular flexibility index (Phi) is 6.18. The first-order valence-electron chi connectivity index (χ1n) is 13.4. The lowest BCUT2D eigenvalue weighted by Gasteiger charge is -2.40. The highest BCUT2D eigenvalue weighted by molar-refractivity contribution is 5.94. The minimum Gasteiger partial charge on any atom is -0.478 e. The lowest BCUT2D eigenvalue weighted by molar-refractivity contribution is 0.0698. The van der Waals surface area contributed by atoms with Crippen LogP contribution in [0, 0.1) is 18.3 Å². The topological polar surface area (TPSA) is 120 Å². The van der Waals surface area contributed by atoms with Crippen molar-refractivity contribution >= 4 is 28.5 Å². The third-order valence-electron chi connectivity index (χ3n) is 8.20. The predicted octanol–water partition coefficient (Wildman–Crippen LogP) is 5.33. The molecular formula is C30H31N7O2. The molecule has 1 unspecified atom stereocenters. The van der Waals surface area contributed by atoms with E-state index < -0.39 is 5.97 Å². The first kappa shape index (κ1) is 24.9. The van der Waals surface area contributed by atoms with Crippen LogP contribution in [0.15, 0.2) is 48.8 Å². The molecule has 4 aromatic rings. The van der Waals surface area contributed by atoms with Crippen molar-refractivity contribution in [3.8, 4) is 6.07 Å². The number of nitrogens with zero attached hydrogens (tertiary/aromatic N) is 6. The van der Waals surface area contributed by atoms with Gasteiger partial charge in [0.25, 0.3) is 0 Å². The number of aromatic carboxylic acids is 1. The van der Waals surface area contributed by atoms with E-state index >= 15 is 0 Å². The molecule has 2 bridgehead atoms. The highest BCUT2D eigenvalue weighted by Crippen LogP contribution is 2.45. The van der Waals surface area contributed by atoms with Gasteiger partial charge in [0.1, 0.15) is 6.07 Å². The molecule has 2 fully saturated rings. The summed E-state index contributed by atoms with van der Waals surface area (Å²) in [6.07, 6.45) is 8.21. The fraction of sp³-hybridized carbons (Fsp3) is 0.367. The van der Waals surface area contributed by atoms with Gasteiger partial charge in [0, 0.05) is 36.6 Å². The summed E-state index contributed by atoms with van der Waals surface area (Å²) in [5.41, 5.74) is 5.71. The second kappa shape index (κ2) is 9.70. The van der Waals surface area contributed by atoms with Gasteiger partial charge in [-0.1, -0.05) is 18.2 Å². The van der Waals surface area contributed by atoms with Gasteiger partial charge in [0.2, 0.25) is 0 Å². The van der Waals surface area contributed by atoms with Crippen LogP contribution in [0.4, 0.5) is 11.5 Å². The van der Waals surface area contributed by atoms with Crippen LogP contribution in [-0.4, -0.2) is 42.9 Å². The van der Waals surface area contributed by atoms with Crippen LogP contribution in [0.5, 0.6) is 0 Å². The molecule has 2 N–H and O–H groups in total. The third kappa shape index (κ3) is 4.46. The number of carboxylic acid groups (broad SMARTS) is 1. The Labute approximate surface area is 227 Å². The summed E-state index contributed by atoms with van der Waals surface area (Å²) >= 11 is 0. The lowest BCUT2D eigenvalue weighted by atomic mass is 9.86. The van der Waals surface area contributed by atoms with Crippen molar-refractivity contribution in [2.45, 2.75) is 63.6 Å². The number of nitriles is 1. The minimum atomic E-state index is -0.981. The molecule has 0 radical (unpaired) electrons. The zero-order valence-corrected chi connectivity index (χ0v) is 22.3. The molecule has 2 aliphatic rings. The first-order valence-corrected chi connectivity index (χ1v) is 13.4. The van der Waals surface area contributed by atoms with E-state index in [0.717, 1.165) is 42.3 Å². The van der Waals surface area contributed by atoms with E-state index in [1.807, 2.05) is 43.9 Å². The number of hydrogen-bond acceptors (Lipinski definition) is 7. The van der Waals surface area contributed by atoms with Crippen LogP contribution in [0.1, 0.15) is 77.3 Å². The molecule has 2 aromatic carbocycles. The second-order valence-corrected chi connectivity index (χ2v) is 10.9. The highest BCUT2D eigenvalue weighted by atomic mass is 16.4. The molecule has 0 spiro atoms. The van der Waals surface area contributed by atoms with Crippen LogP contribution < -0.4 is 10.2 Å². The van der Waals surface area contributed by atoms with Gasteiger partial charge in [-0.2, -0.15) is 10.4 Å². The number of para-hydroxylation sites is 1. The number of rotatable bonds is 6. The standard InChI is InChI=1S/C30H31N7O2/c1-17-10-24(18(2)33-25-7-5-4-6-23(25)30(38)39)28-26(11-17)34-27(14-31)29(35-28)37-21-8-9-22(37)13-19(12-21)20-15-32-36(3)16-20/h4-7,10-11,15-16,18-19,21-22,33H,8-9,12-13H2,1-3H3,(H,38,39)/t18-,19?,21-,22+/m1/s1. The Hall–Kier alpha value is -4.45. The van der Waals surface area contributed by atoms with E-state index in [0.29, 0.717) is 40.7 Å². The summed E-state index contributed by atoms with van der Waals surface area (Å²) in [6, 6.07) is 13.6. The molecule has 6 rings (SSSR count). The van der Waals surface area contributed by atoms with Gasteiger partial charge in [0.05, 0.1) is 28.8 Å². The number of aromatic nitrogens is 4. The second-order valence-electron chi connectivity index (χ2n) is 10.9. The fourth-order valence-corrected chi connectivity index (χ4v) is 6.46.